The number of nitrogens with zero attached hydrogens (tertiary/aromatic N) is 2. The molecule has 0 bridgehead atoms. The first-order valence-corrected chi connectivity index (χ1v) is 7.85. The second kappa shape index (κ2) is 5.51. The first-order chi connectivity index (χ1) is 10.1. The normalized spacial score (nSPS) is 22.0. The van der Waals surface area contributed by atoms with Crippen molar-refractivity contribution in [3.63, 3.8) is 0 Å². The van der Waals surface area contributed by atoms with Crippen molar-refractivity contribution in [2.45, 2.75) is 52.0 Å². The van der Waals surface area contributed by atoms with Gasteiger partial charge in [-0.1, -0.05) is 19.9 Å². The highest BCUT2D eigenvalue weighted by Gasteiger charge is 2.28. The molecule has 1 aromatic heterocycles. The Balaban J connectivity index is 2.22. The second-order valence-corrected chi connectivity index (χ2v) is 6.20. The summed E-state index contributed by atoms with van der Waals surface area (Å²) in [6, 6.07) is 5.80. The molecule has 21 heavy (non-hydrogen) atoms. The fourth-order valence-corrected chi connectivity index (χ4v) is 3.57. The molecular weight excluding hydrogens is 264 g/mol. The fraction of sp³-hybridized carbons (Fsp3) is 0.529. The van der Waals surface area contributed by atoms with Crippen LogP contribution < -0.4 is 0 Å². The van der Waals surface area contributed by atoms with Crippen molar-refractivity contribution in [1.29, 1.82) is 0 Å². The summed E-state index contributed by atoms with van der Waals surface area (Å²) >= 11 is 0. The number of aromatic nitrogens is 2. The Morgan fingerprint density at radius 1 is 1.43 bits per heavy atom. The van der Waals surface area contributed by atoms with Crippen LogP contribution in [0.15, 0.2) is 18.2 Å². The van der Waals surface area contributed by atoms with E-state index in [-0.39, 0.29) is 0 Å². The van der Waals surface area contributed by atoms with Crippen molar-refractivity contribution >= 4 is 17.0 Å². The van der Waals surface area contributed by atoms with Gasteiger partial charge in [0.2, 0.25) is 0 Å². The van der Waals surface area contributed by atoms with E-state index in [1.165, 1.54) is 6.42 Å². The quantitative estimate of drug-likeness (QED) is 0.922. The summed E-state index contributed by atoms with van der Waals surface area (Å²) in [5.41, 5.74) is 2.01. The largest absolute Gasteiger partial charge is 0.478 e. The van der Waals surface area contributed by atoms with Crippen molar-refractivity contribution in [3.8, 4) is 0 Å². The van der Waals surface area contributed by atoms with E-state index < -0.39 is 5.97 Å². The van der Waals surface area contributed by atoms with Gasteiger partial charge in [-0.3, -0.25) is 0 Å². The maximum Gasteiger partial charge on any atom is 0.337 e. The minimum Gasteiger partial charge on any atom is -0.478 e. The van der Waals surface area contributed by atoms with E-state index in [2.05, 4.69) is 18.4 Å². The van der Waals surface area contributed by atoms with Gasteiger partial charge in [0.25, 0.3) is 0 Å². The van der Waals surface area contributed by atoms with E-state index in [1.54, 1.807) is 12.1 Å². The maximum atomic E-state index is 11.6. The molecule has 1 aliphatic carbocycles. The molecule has 1 aliphatic rings. The molecule has 1 N–H and O–H groups in total. The fourth-order valence-electron chi connectivity index (χ4n) is 3.57. The first kappa shape index (κ1) is 14.1. The van der Waals surface area contributed by atoms with E-state index in [1.807, 2.05) is 6.07 Å². The molecule has 1 saturated carbocycles. The summed E-state index contributed by atoms with van der Waals surface area (Å²) in [5, 5.41) is 9.50. The molecular formula is C17H22N2O2. The molecule has 0 spiro atoms. The average molecular weight is 286 g/mol. The summed E-state index contributed by atoms with van der Waals surface area (Å²) in [4.78, 5) is 16.3. The SMILES string of the molecule is CCCc1nc2cccc(C(=O)O)c2n1C1CCC(C)C1. The third-order valence-electron chi connectivity index (χ3n) is 4.52. The van der Waals surface area contributed by atoms with E-state index in [4.69, 9.17) is 4.98 Å². The Morgan fingerprint density at radius 2 is 2.24 bits per heavy atom. The second-order valence-electron chi connectivity index (χ2n) is 6.20. The Morgan fingerprint density at radius 3 is 2.86 bits per heavy atom. The first-order valence-electron chi connectivity index (χ1n) is 7.85. The van der Waals surface area contributed by atoms with Crippen LogP contribution in [-0.4, -0.2) is 20.6 Å². The molecule has 4 heteroatoms. The van der Waals surface area contributed by atoms with E-state index >= 15 is 0 Å². The lowest BCUT2D eigenvalue weighted by molar-refractivity contribution is 0.0698. The molecule has 2 aromatic rings. The van der Waals surface area contributed by atoms with Gasteiger partial charge in [0, 0.05) is 12.5 Å². The van der Waals surface area contributed by atoms with Crippen LogP contribution in [0.4, 0.5) is 0 Å². The minimum atomic E-state index is -0.865. The molecule has 1 fully saturated rings. The molecule has 0 saturated heterocycles. The topological polar surface area (TPSA) is 55.1 Å². The minimum absolute atomic E-state index is 0.377. The van der Waals surface area contributed by atoms with E-state index in [0.29, 0.717) is 17.5 Å². The highest BCUT2D eigenvalue weighted by atomic mass is 16.4. The lowest BCUT2D eigenvalue weighted by atomic mass is 10.1. The van der Waals surface area contributed by atoms with Gasteiger partial charge in [-0.05, 0) is 43.7 Å². The summed E-state index contributed by atoms with van der Waals surface area (Å²) in [5.74, 6) is 0.884. The number of aromatic carboxylic acids is 1. The lowest BCUT2D eigenvalue weighted by Gasteiger charge is -2.17. The van der Waals surface area contributed by atoms with Crippen molar-refractivity contribution in [2.24, 2.45) is 5.92 Å². The Kier molecular flexibility index (Phi) is 3.70. The molecule has 1 aromatic carbocycles. The number of imidazole rings is 1. The number of hydrogen-bond donors (Lipinski definition) is 1. The molecule has 1 heterocycles. The highest BCUT2D eigenvalue weighted by Crippen LogP contribution is 2.38. The van der Waals surface area contributed by atoms with Crippen LogP contribution in [0.25, 0.3) is 11.0 Å². The third-order valence-corrected chi connectivity index (χ3v) is 4.52. The molecule has 3 rings (SSSR count). The number of benzene rings is 1. The highest BCUT2D eigenvalue weighted by molar-refractivity contribution is 6.01. The van der Waals surface area contributed by atoms with E-state index in [0.717, 1.165) is 42.5 Å². The molecule has 2 atom stereocenters. The van der Waals surface area contributed by atoms with Crippen LogP contribution >= 0.6 is 0 Å². The van der Waals surface area contributed by atoms with Gasteiger partial charge >= 0.3 is 5.97 Å². The lowest BCUT2D eigenvalue weighted by Crippen LogP contribution is -2.12. The van der Waals surface area contributed by atoms with Crippen LogP contribution in [0.3, 0.4) is 0 Å². The third kappa shape index (κ3) is 2.43. The van der Waals surface area contributed by atoms with Gasteiger partial charge in [-0.15, -0.1) is 0 Å². The van der Waals surface area contributed by atoms with Gasteiger partial charge in [-0.2, -0.15) is 0 Å². The predicted molar refractivity (Wildman–Crippen MR) is 82.7 cm³/mol. The molecule has 2 unspecified atom stereocenters. The Hall–Kier alpha value is -1.84. The van der Waals surface area contributed by atoms with Gasteiger partial charge in [-0.25, -0.2) is 9.78 Å². The zero-order valence-corrected chi connectivity index (χ0v) is 12.7. The van der Waals surface area contributed by atoms with Crippen LogP contribution in [0.1, 0.15) is 61.8 Å². The summed E-state index contributed by atoms with van der Waals surface area (Å²) < 4.78 is 2.23. The smallest absolute Gasteiger partial charge is 0.337 e. The predicted octanol–water partition coefficient (Wildman–Crippen LogP) is 4.05. The maximum absolute atomic E-state index is 11.6. The molecule has 0 aliphatic heterocycles. The Bertz CT molecular complexity index is 675. The molecule has 0 amide bonds. The van der Waals surface area contributed by atoms with E-state index in [9.17, 15) is 9.90 Å². The zero-order valence-electron chi connectivity index (χ0n) is 12.7. The van der Waals surface area contributed by atoms with Gasteiger partial charge in [0.15, 0.2) is 0 Å². The molecule has 0 radical (unpaired) electrons. The van der Waals surface area contributed by atoms with Crippen molar-refractivity contribution in [2.75, 3.05) is 0 Å². The number of para-hydroxylation sites is 1. The number of carboxylic acid groups (broad SMARTS) is 1. The van der Waals surface area contributed by atoms with Crippen molar-refractivity contribution in [1.82, 2.24) is 9.55 Å². The van der Waals surface area contributed by atoms with Crippen molar-refractivity contribution < 1.29 is 9.90 Å². The number of hydrogen-bond acceptors (Lipinski definition) is 2. The van der Waals surface area contributed by atoms with Gasteiger partial charge in [0.05, 0.1) is 16.6 Å². The number of carboxylic acids is 1. The van der Waals surface area contributed by atoms with Crippen LogP contribution in [0.5, 0.6) is 0 Å². The van der Waals surface area contributed by atoms with Crippen LogP contribution in [-0.2, 0) is 6.42 Å². The van der Waals surface area contributed by atoms with Crippen LogP contribution in [0.2, 0.25) is 0 Å². The Labute approximate surface area is 124 Å². The molecule has 112 valence electrons. The number of aryl methyl sites for hydroxylation is 1. The monoisotopic (exact) mass is 286 g/mol. The van der Waals surface area contributed by atoms with Gasteiger partial charge < -0.3 is 9.67 Å². The number of carbonyl (C=O) groups is 1. The summed E-state index contributed by atoms with van der Waals surface area (Å²) in [6.07, 6.45) is 5.38. The number of rotatable bonds is 4. The zero-order chi connectivity index (χ0) is 15.0. The summed E-state index contributed by atoms with van der Waals surface area (Å²) in [6.45, 7) is 4.41. The average Bonchev–Trinajstić information content (AvgIpc) is 3.01. The van der Waals surface area contributed by atoms with Crippen LogP contribution in [0, 0.1) is 5.92 Å². The molecule has 4 nitrogen and oxygen atoms in total. The van der Waals surface area contributed by atoms with Gasteiger partial charge in [0.1, 0.15) is 5.82 Å². The van der Waals surface area contributed by atoms with Crippen molar-refractivity contribution in [3.05, 3.63) is 29.6 Å². The number of fused-ring (bicyclic) bond motifs is 1. The standard InChI is InChI=1S/C17H22N2O2/c1-3-5-15-18-14-7-4-6-13(17(20)21)16(14)19(15)12-9-8-11(2)10-12/h4,6-7,11-12H,3,5,8-10H2,1-2H3,(H,20,21). The summed E-state index contributed by atoms with van der Waals surface area (Å²) in [7, 11) is 0.